The summed E-state index contributed by atoms with van der Waals surface area (Å²) in [5.41, 5.74) is -4.48. The quantitative estimate of drug-likeness (QED) is 0.165. The highest BCUT2D eigenvalue weighted by atomic mass is 16.5. The normalized spacial score (nSPS) is 17.6. The van der Waals surface area contributed by atoms with Gasteiger partial charge in [0, 0.05) is 28.3 Å². The molecule has 0 aliphatic heterocycles. The van der Waals surface area contributed by atoms with Crippen LogP contribution in [0, 0.1) is 6.92 Å². The number of aliphatic carboxylic acids is 1. The largest absolute Gasteiger partial charge is 0.507 e. The van der Waals surface area contributed by atoms with Crippen LogP contribution < -0.4 is 10.1 Å². The molecule has 0 bridgehead atoms. The first-order chi connectivity index (χ1) is 19.2. The summed E-state index contributed by atoms with van der Waals surface area (Å²) in [6.07, 6.45) is -3.83. The molecule has 0 aromatic heterocycles. The summed E-state index contributed by atoms with van der Waals surface area (Å²) < 4.78 is 5.05. The Kier molecular flexibility index (Phi) is 6.16. The van der Waals surface area contributed by atoms with Gasteiger partial charge in [0.05, 0.1) is 29.4 Å². The van der Waals surface area contributed by atoms with Crippen LogP contribution in [0.4, 0.5) is 0 Å². The second-order valence-electron chi connectivity index (χ2n) is 9.77. The van der Waals surface area contributed by atoms with Gasteiger partial charge in [-0.15, -0.1) is 0 Å². The van der Waals surface area contributed by atoms with Gasteiger partial charge in [-0.05, 0) is 31.0 Å². The Labute approximate surface area is 230 Å². The minimum Gasteiger partial charge on any atom is -0.507 e. The van der Waals surface area contributed by atoms with Crippen LogP contribution in [0.2, 0.25) is 0 Å². The average molecular weight is 565 g/mol. The van der Waals surface area contributed by atoms with E-state index in [9.17, 15) is 49.8 Å². The van der Waals surface area contributed by atoms with E-state index in [0.29, 0.717) is 0 Å². The molecule has 41 heavy (non-hydrogen) atoms. The molecule has 0 saturated carbocycles. The van der Waals surface area contributed by atoms with E-state index in [4.69, 9.17) is 9.84 Å². The van der Waals surface area contributed by atoms with Crippen LogP contribution >= 0.6 is 0 Å². The standard InChI is InChI=1S/C28H23NO12/c1-7-4-10-15(22(33)13(7)27(38)29-8(2)28(39)40)16-17(26(37)21(10)32)25(36)19-18(24(16)35)20(31)11-5-9(41-3)6-12(30)14(11)23(19)34/h4-6,8,21,26,30,32-33,35-37H,1-3H3,(H,29,38)(H,39,40)/t8-,21-,26-/m0/s1. The minimum atomic E-state index is -1.98. The van der Waals surface area contributed by atoms with Gasteiger partial charge in [0.2, 0.25) is 5.78 Å². The molecule has 13 heteroatoms. The minimum absolute atomic E-state index is 0.00998. The molecule has 3 aromatic carbocycles. The number of aliphatic hydroxyl groups excluding tert-OH is 2. The van der Waals surface area contributed by atoms with Gasteiger partial charge in [-0.25, -0.2) is 0 Å². The van der Waals surface area contributed by atoms with E-state index in [1.165, 1.54) is 27.0 Å². The summed E-state index contributed by atoms with van der Waals surface area (Å²) in [5.74, 6) is -7.94. The van der Waals surface area contributed by atoms with Gasteiger partial charge in [0.25, 0.3) is 5.91 Å². The van der Waals surface area contributed by atoms with Crippen molar-refractivity contribution in [2.75, 3.05) is 7.11 Å². The molecule has 212 valence electrons. The first kappa shape index (κ1) is 27.4. The molecular formula is C28H23NO12. The van der Waals surface area contributed by atoms with Crippen LogP contribution in [-0.2, 0) is 4.79 Å². The summed E-state index contributed by atoms with van der Waals surface area (Å²) in [5, 5.41) is 77.7. The molecule has 3 aromatic rings. The molecule has 5 rings (SSSR count). The maximum absolute atomic E-state index is 13.6. The zero-order valence-corrected chi connectivity index (χ0v) is 21.6. The maximum atomic E-state index is 13.6. The van der Waals surface area contributed by atoms with Gasteiger partial charge in [0.15, 0.2) is 5.78 Å². The number of carbonyl (C=O) groups is 4. The fourth-order valence-corrected chi connectivity index (χ4v) is 5.39. The molecule has 0 fully saturated rings. The van der Waals surface area contributed by atoms with Crippen molar-refractivity contribution < 1.29 is 59.7 Å². The Bertz CT molecular complexity index is 1740. The number of phenolic OH excluding ortho intramolecular Hbond substituents is 4. The van der Waals surface area contributed by atoms with Crippen LogP contribution in [0.3, 0.4) is 0 Å². The molecule has 3 atom stereocenters. The number of aryl methyl sites for hydroxylation is 1. The number of carboxylic acid groups (broad SMARTS) is 1. The summed E-state index contributed by atoms with van der Waals surface area (Å²) in [6.45, 7) is 2.56. The number of ether oxygens (including phenoxy) is 1. The van der Waals surface area contributed by atoms with Gasteiger partial charge in [-0.1, -0.05) is 6.07 Å². The second kappa shape index (κ2) is 9.21. The average Bonchev–Trinajstić information content (AvgIpc) is 2.90. The summed E-state index contributed by atoms with van der Waals surface area (Å²) in [6, 6.07) is 2.07. The lowest BCUT2D eigenvalue weighted by molar-refractivity contribution is -0.138. The number of methoxy groups -OCH3 is 1. The summed E-state index contributed by atoms with van der Waals surface area (Å²) in [7, 11) is 1.25. The third-order valence-corrected chi connectivity index (χ3v) is 7.37. The number of ketones is 2. The van der Waals surface area contributed by atoms with Crippen molar-refractivity contribution in [3.8, 4) is 39.9 Å². The molecule has 8 N–H and O–H groups in total. The topological polar surface area (TPSA) is 231 Å². The second-order valence-corrected chi connectivity index (χ2v) is 9.77. The molecule has 2 aliphatic carbocycles. The SMILES string of the molecule is COc1cc(O)c2c(c1)C(=O)c1c(O)c3c(c(O)c1C2=O)[C@H](O)[C@@H](O)c1cc(C)c(C(=O)N[C@@H](C)C(=O)O)c(O)c1-3. The van der Waals surface area contributed by atoms with Crippen molar-refractivity contribution in [2.45, 2.75) is 32.1 Å². The Morgan fingerprint density at radius 2 is 1.49 bits per heavy atom. The van der Waals surface area contributed by atoms with E-state index in [-0.39, 0.29) is 22.4 Å². The number of rotatable bonds is 4. The van der Waals surface area contributed by atoms with Crippen molar-refractivity contribution in [1.82, 2.24) is 5.32 Å². The number of hydrogen-bond acceptors (Lipinski definition) is 11. The fourth-order valence-electron chi connectivity index (χ4n) is 5.39. The number of hydrogen-bond donors (Lipinski definition) is 8. The maximum Gasteiger partial charge on any atom is 0.325 e. The van der Waals surface area contributed by atoms with Crippen molar-refractivity contribution in [1.29, 1.82) is 0 Å². The molecular weight excluding hydrogens is 542 g/mol. The van der Waals surface area contributed by atoms with E-state index < -0.39 is 104 Å². The van der Waals surface area contributed by atoms with Gasteiger partial charge in [-0.2, -0.15) is 0 Å². The van der Waals surface area contributed by atoms with Crippen LogP contribution in [0.15, 0.2) is 18.2 Å². The van der Waals surface area contributed by atoms with E-state index in [1.54, 1.807) is 0 Å². The lowest BCUT2D eigenvalue weighted by atomic mass is 9.73. The molecule has 0 saturated heterocycles. The van der Waals surface area contributed by atoms with Crippen LogP contribution in [0.5, 0.6) is 28.7 Å². The van der Waals surface area contributed by atoms with E-state index >= 15 is 0 Å². The predicted molar refractivity (Wildman–Crippen MR) is 138 cm³/mol. The number of carboxylic acids is 1. The third-order valence-electron chi connectivity index (χ3n) is 7.37. The van der Waals surface area contributed by atoms with E-state index in [1.807, 2.05) is 0 Å². The molecule has 1 amide bonds. The van der Waals surface area contributed by atoms with Crippen LogP contribution in [0.25, 0.3) is 11.1 Å². The van der Waals surface area contributed by atoms with Gasteiger partial charge in [0.1, 0.15) is 47.0 Å². The number of aromatic hydroxyl groups is 4. The molecule has 0 radical (unpaired) electrons. The lowest BCUT2D eigenvalue weighted by Crippen LogP contribution is -2.38. The monoisotopic (exact) mass is 565 g/mol. The number of fused-ring (bicyclic) bond motifs is 5. The van der Waals surface area contributed by atoms with Crippen molar-refractivity contribution in [2.24, 2.45) is 0 Å². The van der Waals surface area contributed by atoms with Gasteiger partial charge in [-0.3, -0.25) is 19.2 Å². The summed E-state index contributed by atoms with van der Waals surface area (Å²) >= 11 is 0. The molecule has 13 nitrogen and oxygen atoms in total. The number of aliphatic hydroxyl groups is 2. The highest BCUT2D eigenvalue weighted by Crippen LogP contribution is 2.58. The van der Waals surface area contributed by atoms with E-state index in [0.717, 1.165) is 12.1 Å². The zero-order chi connectivity index (χ0) is 30.2. The Morgan fingerprint density at radius 1 is 0.854 bits per heavy atom. The fraction of sp³-hybridized carbons (Fsp3) is 0.214. The highest BCUT2D eigenvalue weighted by Gasteiger charge is 2.45. The van der Waals surface area contributed by atoms with Crippen LogP contribution in [-0.4, -0.2) is 72.3 Å². The first-order valence-electron chi connectivity index (χ1n) is 12.1. The molecule has 0 heterocycles. The zero-order valence-electron chi connectivity index (χ0n) is 21.6. The van der Waals surface area contributed by atoms with Crippen molar-refractivity contribution in [3.05, 3.63) is 62.7 Å². The molecule has 2 aliphatic rings. The number of benzene rings is 3. The first-order valence-corrected chi connectivity index (χ1v) is 12.1. The molecule has 0 spiro atoms. The predicted octanol–water partition coefficient (Wildman–Crippen LogP) is 1.55. The van der Waals surface area contributed by atoms with Crippen molar-refractivity contribution in [3.63, 3.8) is 0 Å². The molecule has 0 unspecified atom stereocenters. The van der Waals surface area contributed by atoms with Crippen molar-refractivity contribution >= 4 is 23.4 Å². The third kappa shape index (κ3) is 3.70. The number of amides is 1. The van der Waals surface area contributed by atoms with E-state index in [2.05, 4.69) is 5.32 Å². The Morgan fingerprint density at radius 3 is 2.10 bits per heavy atom. The summed E-state index contributed by atoms with van der Waals surface area (Å²) in [4.78, 5) is 51.3. The number of carbonyl (C=O) groups excluding carboxylic acids is 3. The Balaban J connectivity index is 1.84. The number of nitrogens with one attached hydrogen (secondary N) is 1. The van der Waals surface area contributed by atoms with Crippen LogP contribution in [0.1, 0.15) is 78.0 Å². The Hall–Kier alpha value is -5.14. The van der Waals surface area contributed by atoms with Gasteiger partial charge < -0.3 is 45.8 Å². The highest BCUT2D eigenvalue weighted by molar-refractivity contribution is 6.32. The van der Waals surface area contributed by atoms with Gasteiger partial charge >= 0.3 is 5.97 Å². The smallest absolute Gasteiger partial charge is 0.325 e. The lowest BCUT2D eigenvalue weighted by Gasteiger charge is -2.34. The number of phenols is 4.